The molecule has 82 valence electrons. The van der Waals surface area contributed by atoms with Crippen LogP contribution >= 0.6 is 11.6 Å². The Morgan fingerprint density at radius 3 is 2.50 bits per heavy atom. The Kier molecular flexibility index (Phi) is 2.92. The molecular formula is C13H10ClFO. The van der Waals surface area contributed by atoms with Gasteiger partial charge in [-0.3, -0.25) is 4.79 Å². The molecule has 1 aliphatic carbocycles. The average molecular weight is 237 g/mol. The fraction of sp³-hybridized carbons (Fsp3) is 0.154. The maximum Gasteiger partial charge on any atom is 0.263 e. The van der Waals surface area contributed by atoms with E-state index >= 15 is 0 Å². The lowest BCUT2D eigenvalue weighted by atomic mass is 9.92. The number of rotatable bonds is 2. The van der Waals surface area contributed by atoms with Gasteiger partial charge in [-0.25, -0.2) is 4.39 Å². The summed E-state index contributed by atoms with van der Waals surface area (Å²) in [6, 6.07) is 9.61. The van der Waals surface area contributed by atoms with Gasteiger partial charge in [-0.15, -0.1) is 0 Å². The Labute approximate surface area is 98.2 Å². The fourth-order valence-electron chi connectivity index (χ4n) is 1.61. The Morgan fingerprint density at radius 2 is 2.00 bits per heavy atom. The van der Waals surface area contributed by atoms with Crippen molar-refractivity contribution in [1.29, 1.82) is 0 Å². The summed E-state index contributed by atoms with van der Waals surface area (Å²) >= 11 is 5.20. The molecule has 0 aliphatic heterocycles. The van der Waals surface area contributed by atoms with Crippen LogP contribution in [-0.2, 0) is 4.79 Å². The van der Waals surface area contributed by atoms with Crippen LogP contribution in [0.4, 0.5) is 4.39 Å². The molecule has 0 radical (unpaired) electrons. The highest BCUT2D eigenvalue weighted by atomic mass is 35.5. The summed E-state index contributed by atoms with van der Waals surface area (Å²) in [4.78, 5) is 10.9. The monoisotopic (exact) mass is 236 g/mol. The Bertz CT molecular complexity index is 464. The highest BCUT2D eigenvalue weighted by Crippen LogP contribution is 2.31. The number of carbonyl (C=O) groups is 1. The molecule has 2 rings (SSSR count). The summed E-state index contributed by atoms with van der Waals surface area (Å²) in [6.07, 6.45) is 4.51. The van der Waals surface area contributed by atoms with Crippen molar-refractivity contribution in [2.75, 3.05) is 0 Å². The van der Waals surface area contributed by atoms with Crippen LogP contribution in [0.1, 0.15) is 12.0 Å². The summed E-state index contributed by atoms with van der Waals surface area (Å²) in [5.74, 6) is 0. The number of hydrogen-bond acceptors (Lipinski definition) is 1. The van der Waals surface area contributed by atoms with E-state index in [9.17, 15) is 9.18 Å². The van der Waals surface area contributed by atoms with Gasteiger partial charge in [0.1, 0.15) is 0 Å². The van der Waals surface area contributed by atoms with E-state index in [0.29, 0.717) is 0 Å². The van der Waals surface area contributed by atoms with Crippen molar-refractivity contribution < 1.29 is 9.18 Å². The van der Waals surface area contributed by atoms with Gasteiger partial charge >= 0.3 is 0 Å². The molecule has 0 N–H and O–H groups in total. The lowest BCUT2D eigenvalue weighted by Gasteiger charge is -2.19. The van der Waals surface area contributed by atoms with Crippen molar-refractivity contribution in [2.24, 2.45) is 0 Å². The van der Waals surface area contributed by atoms with E-state index in [2.05, 4.69) is 0 Å². The van der Waals surface area contributed by atoms with E-state index in [4.69, 9.17) is 11.6 Å². The van der Waals surface area contributed by atoms with Gasteiger partial charge in [0.25, 0.3) is 5.24 Å². The van der Waals surface area contributed by atoms with Gasteiger partial charge < -0.3 is 0 Å². The highest BCUT2D eigenvalue weighted by molar-refractivity contribution is 6.65. The van der Waals surface area contributed by atoms with Crippen LogP contribution in [0.5, 0.6) is 0 Å². The minimum atomic E-state index is -2.04. The number of allylic oxidation sites excluding steroid dienone is 4. The van der Waals surface area contributed by atoms with Gasteiger partial charge in [0.2, 0.25) is 5.67 Å². The fourth-order valence-corrected chi connectivity index (χ4v) is 1.75. The molecular weight excluding hydrogens is 227 g/mol. The first-order valence-electron chi connectivity index (χ1n) is 4.95. The van der Waals surface area contributed by atoms with Gasteiger partial charge in [-0.2, -0.15) is 0 Å². The Morgan fingerprint density at radius 1 is 1.31 bits per heavy atom. The minimum absolute atomic E-state index is 0.00391. The van der Waals surface area contributed by atoms with Crippen LogP contribution in [0.3, 0.4) is 0 Å². The summed E-state index contributed by atoms with van der Waals surface area (Å²) in [5, 5.41) is -0.966. The number of alkyl halides is 1. The van der Waals surface area contributed by atoms with Crippen LogP contribution in [0.2, 0.25) is 0 Å². The van der Waals surface area contributed by atoms with E-state index in [1.165, 1.54) is 6.08 Å². The molecule has 16 heavy (non-hydrogen) atoms. The Hall–Kier alpha value is -1.41. The average Bonchev–Trinajstić information content (AvgIpc) is 2.31. The van der Waals surface area contributed by atoms with Gasteiger partial charge in [0.15, 0.2) is 0 Å². The highest BCUT2D eigenvalue weighted by Gasteiger charge is 2.35. The van der Waals surface area contributed by atoms with Crippen molar-refractivity contribution in [3.05, 3.63) is 54.1 Å². The van der Waals surface area contributed by atoms with Crippen molar-refractivity contribution in [1.82, 2.24) is 0 Å². The van der Waals surface area contributed by atoms with Crippen molar-refractivity contribution >= 4 is 22.4 Å². The van der Waals surface area contributed by atoms with E-state index in [1.54, 1.807) is 12.2 Å². The molecule has 3 heteroatoms. The maximum absolute atomic E-state index is 13.8. The first-order valence-corrected chi connectivity index (χ1v) is 5.33. The number of benzene rings is 1. The van der Waals surface area contributed by atoms with E-state index in [1.807, 2.05) is 30.3 Å². The molecule has 0 spiro atoms. The molecule has 0 aromatic heterocycles. The predicted molar refractivity (Wildman–Crippen MR) is 62.9 cm³/mol. The van der Waals surface area contributed by atoms with E-state index in [0.717, 1.165) is 11.1 Å². The van der Waals surface area contributed by atoms with Gasteiger partial charge in [-0.05, 0) is 28.8 Å². The molecule has 1 aromatic rings. The largest absolute Gasteiger partial charge is 0.277 e. The second-order valence-corrected chi connectivity index (χ2v) is 4.04. The zero-order valence-corrected chi connectivity index (χ0v) is 9.25. The summed E-state index contributed by atoms with van der Waals surface area (Å²) < 4.78 is 13.8. The number of halogens is 2. The molecule has 0 amide bonds. The molecule has 1 aromatic carbocycles. The van der Waals surface area contributed by atoms with Gasteiger partial charge in [0, 0.05) is 6.42 Å². The summed E-state index contributed by atoms with van der Waals surface area (Å²) in [7, 11) is 0. The summed E-state index contributed by atoms with van der Waals surface area (Å²) in [6.45, 7) is 0. The molecule has 1 nitrogen and oxygen atoms in total. The lowest BCUT2D eigenvalue weighted by Crippen LogP contribution is -2.28. The third-order valence-electron chi connectivity index (χ3n) is 2.58. The molecule has 0 fully saturated rings. The number of hydrogen-bond donors (Lipinski definition) is 0. The van der Waals surface area contributed by atoms with E-state index in [-0.39, 0.29) is 6.42 Å². The van der Waals surface area contributed by atoms with E-state index < -0.39 is 10.9 Å². The zero-order chi connectivity index (χ0) is 11.6. The molecule has 0 heterocycles. The number of carbonyl (C=O) groups excluding carboxylic acids is 1. The molecule has 0 saturated heterocycles. The molecule has 0 bridgehead atoms. The predicted octanol–water partition coefficient (Wildman–Crippen LogP) is 3.50. The van der Waals surface area contributed by atoms with Crippen LogP contribution in [-0.4, -0.2) is 10.9 Å². The molecule has 1 aliphatic rings. The van der Waals surface area contributed by atoms with Gasteiger partial charge in [0.05, 0.1) is 0 Å². The SMILES string of the molecule is O=C(Cl)C1(F)C=CC(c2ccccc2)=CC1. The van der Waals surface area contributed by atoms with Crippen molar-refractivity contribution in [2.45, 2.75) is 12.1 Å². The second-order valence-electron chi connectivity index (χ2n) is 3.70. The molecule has 0 saturated carbocycles. The maximum atomic E-state index is 13.8. The standard InChI is InChI=1S/C13H10ClFO/c14-12(16)13(15)8-6-11(7-9-13)10-4-2-1-3-5-10/h1-8H,9H2. The summed E-state index contributed by atoms with van der Waals surface area (Å²) in [5.41, 5.74) is -0.130. The van der Waals surface area contributed by atoms with Crippen LogP contribution in [0.25, 0.3) is 5.57 Å². The molecule has 1 atom stereocenters. The Balaban J connectivity index is 2.23. The first kappa shape index (κ1) is 11.1. The first-order chi connectivity index (χ1) is 7.62. The van der Waals surface area contributed by atoms with Crippen molar-refractivity contribution in [3.8, 4) is 0 Å². The third kappa shape index (κ3) is 2.07. The zero-order valence-electron chi connectivity index (χ0n) is 8.49. The van der Waals surface area contributed by atoms with Crippen molar-refractivity contribution in [3.63, 3.8) is 0 Å². The quantitative estimate of drug-likeness (QED) is 0.719. The topological polar surface area (TPSA) is 17.1 Å². The van der Waals surface area contributed by atoms with Crippen LogP contribution in [0.15, 0.2) is 48.6 Å². The third-order valence-corrected chi connectivity index (χ3v) is 2.89. The normalized spacial score (nSPS) is 24.0. The lowest BCUT2D eigenvalue weighted by molar-refractivity contribution is -0.119. The van der Waals surface area contributed by atoms with Gasteiger partial charge in [-0.1, -0.05) is 42.5 Å². The van der Waals surface area contributed by atoms with Crippen LogP contribution < -0.4 is 0 Å². The molecule has 1 unspecified atom stereocenters. The van der Waals surface area contributed by atoms with Crippen LogP contribution in [0, 0.1) is 0 Å². The minimum Gasteiger partial charge on any atom is -0.277 e. The smallest absolute Gasteiger partial charge is 0.263 e. The second kappa shape index (κ2) is 4.22.